The topological polar surface area (TPSA) is 180 Å². The number of carbonyl (C=O) groups excluding carboxylic acids is 4. The van der Waals surface area contributed by atoms with Gasteiger partial charge in [0.05, 0.1) is 6.42 Å². The molecule has 0 aromatic heterocycles. The molecular weight excluding hydrogens is 1130 g/mol. The molecule has 0 radical (unpaired) electrons. The van der Waals surface area contributed by atoms with Gasteiger partial charge in [0.1, 0.15) is 49.1 Å². The van der Waals surface area contributed by atoms with Gasteiger partial charge in [-0.1, -0.05) is 228 Å². The number of hydrogen-bond acceptors (Lipinski definition) is 14. The second-order valence-electron chi connectivity index (χ2n) is 18.5. The van der Waals surface area contributed by atoms with Gasteiger partial charge >= 0.3 is 32.0 Å². The highest BCUT2D eigenvalue weighted by molar-refractivity contribution is 7.49. The fourth-order valence-corrected chi connectivity index (χ4v) is 9.62. The van der Waals surface area contributed by atoms with Gasteiger partial charge in [-0.05, 0) is 57.4 Å². The minimum absolute atomic E-state index is 0.0238. The Kier molecular flexibility index (Phi) is 30.8. The second kappa shape index (κ2) is 34.6. The third-order valence-electron chi connectivity index (χ3n) is 11.7. The van der Waals surface area contributed by atoms with Crippen molar-refractivity contribution in [1.29, 1.82) is 0 Å². The molecule has 2 aromatic rings. The molecule has 0 unspecified atom stereocenters. The number of esters is 2. The number of carbonyl (C=O) groups is 4. The zero-order chi connectivity index (χ0) is 54.6. The zero-order valence-electron chi connectivity index (χ0n) is 42.6. The van der Waals surface area contributed by atoms with Crippen LogP contribution in [0.15, 0.2) is 60.7 Å². The molecule has 0 aliphatic carbocycles. The Labute approximate surface area is 472 Å². The van der Waals surface area contributed by atoms with Crippen molar-refractivity contribution in [2.45, 2.75) is 205 Å². The van der Waals surface area contributed by atoms with Crippen LogP contribution in [0.4, 0.5) is 9.59 Å². The average molecular weight is 1200 g/mol. The fraction of sp³-hybridized carbons (Fsp3) is 0.686. The molecule has 0 spiro atoms. The number of phosphoric acid groups is 1. The first-order valence-corrected chi connectivity index (χ1v) is 29.6. The van der Waals surface area contributed by atoms with Gasteiger partial charge < -0.3 is 42.8 Å². The first-order valence-electron chi connectivity index (χ1n) is 25.4. The predicted octanol–water partition coefficient (Wildman–Crippen LogP) is 16.0. The molecule has 3 rings (SSSR count). The summed E-state index contributed by atoms with van der Waals surface area (Å²) in [4.78, 5) is 54.4. The number of amides is 1. The number of para-hydroxylation sites is 2. The maximum atomic E-state index is 15.1. The number of alkyl halides is 7. The van der Waals surface area contributed by atoms with E-state index in [2.05, 4.69) is 19.2 Å². The lowest BCUT2D eigenvalue weighted by Gasteiger charge is -2.44. The predicted molar refractivity (Wildman–Crippen MR) is 290 cm³/mol. The van der Waals surface area contributed by atoms with Crippen molar-refractivity contribution >= 4 is 113 Å². The van der Waals surface area contributed by atoms with E-state index in [4.69, 9.17) is 123 Å². The average Bonchev–Trinajstić information content (AvgIpc) is 3.32. The third-order valence-corrected chi connectivity index (χ3v) is 15.1. The van der Waals surface area contributed by atoms with Crippen molar-refractivity contribution < 1.29 is 65.7 Å². The summed E-state index contributed by atoms with van der Waals surface area (Å²) >= 11 is 42.6. The van der Waals surface area contributed by atoms with Crippen molar-refractivity contribution in [3.05, 3.63) is 60.7 Å². The van der Waals surface area contributed by atoms with E-state index in [1.807, 2.05) is 0 Å². The fourth-order valence-electron chi connectivity index (χ4n) is 7.57. The number of alkyl carbamates (subject to hydrolysis) is 1. The van der Waals surface area contributed by atoms with Gasteiger partial charge in [-0.15, -0.1) is 0 Å². The van der Waals surface area contributed by atoms with E-state index in [0.29, 0.717) is 19.3 Å². The first-order chi connectivity index (χ1) is 35.0. The van der Waals surface area contributed by atoms with E-state index >= 15 is 4.57 Å². The van der Waals surface area contributed by atoms with E-state index in [1.165, 1.54) is 63.8 Å². The largest absolute Gasteiger partial charge is 0.588 e. The molecular formula is C51H73Cl7NO14P. The standard InChI is InChI=1S/C51H73Cl7NO14P/c1-5-7-9-11-13-15-16-18-22-32-39(67-41(60)33-27-19-17-14-12-10-8-6-2)34-42(61)69-45-43(59-47(62)66-36-50(53,54)55)46(52)68-40(35-65-48(63)70-49(3,4)51(56,57)58)44(45)73-74(64,71-37-28-23-20-24-29-37)72-38-30-25-21-26-31-38/h20-21,23-26,28-31,39-40,43-46H,5-19,22,27,32-36H2,1-4H3,(H,59,62)/t39-,40-,43-,44-,45-,46+/m1/s1. The number of nitrogens with one attached hydrogen (secondary N) is 1. The zero-order valence-corrected chi connectivity index (χ0v) is 48.8. The third kappa shape index (κ3) is 26.8. The maximum absolute atomic E-state index is 15.1. The molecule has 420 valence electrons. The summed E-state index contributed by atoms with van der Waals surface area (Å²) in [5.74, 6) is -1.37. The van der Waals surface area contributed by atoms with Crippen LogP contribution in [0.5, 0.6) is 11.5 Å². The molecule has 1 aliphatic heterocycles. The Bertz CT molecular complexity index is 1940. The van der Waals surface area contributed by atoms with Crippen LogP contribution in [0.2, 0.25) is 0 Å². The van der Waals surface area contributed by atoms with Crippen LogP contribution in [0.1, 0.15) is 156 Å². The lowest BCUT2D eigenvalue weighted by molar-refractivity contribution is -0.196. The minimum Gasteiger partial charge on any atom is -0.462 e. The van der Waals surface area contributed by atoms with Crippen LogP contribution in [-0.2, 0) is 47.1 Å². The summed E-state index contributed by atoms with van der Waals surface area (Å²) in [5, 5.41) is 2.46. The van der Waals surface area contributed by atoms with E-state index in [1.54, 1.807) is 36.4 Å². The van der Waals surface area contributed by atoms with Gasteiger partial charge in [-0.2, -0.15) is 0 Å². The number of benzene rings is 2. The summed E-state index contributed by atoms with van der Waals surface area (Å²) in [7, 11) is -4.97. The normalized spacial score (nSPS) is 18.7. The lowest BCUT2D eigenvalue weighted by atomic mass is 9.97. The van der Waals surface area contributed by atoms with Crippen LogP contribution >= 0.6 is 89.0 Å². The summed E-state index contributed by atoms with van der Waals surface area (Å²) in [6.07, 6.45) is 8.82. The van der Waals surface area contributed by atoms with Crippen molar-refractivity contribution in [3.63, 3.8) is 0 Å². The number of hydrogen-bond donors (Lipinski definition) is 1. The van der Waals surface area contributed by atoms with E-state index in [9.17, 15) is 19.2 Å². The van der Waals surface area contributed by atoms with E-state index in [0.717, 1.165) is 70.6 Å². The van der Waals surface area contributed by atoms with Crippen molar-refractivity contribution in [3.8, 4) is 11.5 Å². The molecule has 1 N–H and O–H groups in total. The molecule has 1 amide bonds. The Hall–Kier alpha value is -2.30. The Morgan fingerprint density at radius 2 is 1.18 bits per heavy atom. The van der Waals surface area contributed by atoms with Crippen molar-refractivity contribution in [2.75, 3.05) is 13.2 Å². The summed E-state index contributed by atoms with van der Waals surface area (Å²) in [6.45, 7) is 5.45. The van der Waals surface area contributed by atoms with Crippen molar-refractivity contribution in [2.24, 2.45) is 0 Å². The van der Waals surface area contributed by atoms with E-state index < -0.39 is 101 Å². The summed E-state index contributed by atoms with van der Waals surface area (Å²) in [5.41, 5.74) is -3.38. The van der Waals surface area contributed by atoms with Crippen molar-refractivity contribution in [1.82, 2.24) is 5.32 Å². The highest BCUT2D eigenvalue weighted by Gasteiger charge is 2.54. The number of rotatable bonds is 34. The molecule has 1 fully saturated rings. The Morgan fingerprint density at radius 1 is 0.676 bits per heavy atom. The molecule has 23 heteroatoms. The maximum Gasteiger partial charge on any atom is 0.588 e. The van der Waals surface area contributed by atoms with Gasteiger partial charge in [-0.3, -0.25) is 14.1 Å². The molecule has 2 aromatic carbocycles. The van der Waals surface area contributed by atoms with Crippen LogP contribution in [0, 0.1) is 0 Å². The van der Waals surface area contributed by atoms with Gasteiger partial charge in [0.25, 0.3) is 0 Å². The van der Waals surface area contributed by atoms with Gasteiger partial charge in [0.15, 0.2) is 17.3 Å². The molecule has 1 heterocycles. The number of ether oxygens (including phenoxy) is 6. The van der Waals surface area contributed by atoms with Crippen LogP contribution in [-0.4, -0.2) is 86.6 Å². The van der Waals surface area contributed by atoms with Crippen LogP contribution in [0.3, 0.4) is 0 Å². The summed E-state index contributed by atoms with van der Waals surface area (Å²) < 4.78 is 63.2. The minimum atomic E-state index is -4.97. The molecule has 6 atom stereocenters. The molecule has 15 nitrogen and oxygen atoms in total. The molecule has 1 saturated heterocycles. The quantitative estimate of drug-likeness (QED) is 0.0230. The van der Waals surface area contributed by atoms with Gasteiger partial charge in [-0.25, -0.2) is 14.2 Å². The Balaban J connectivity index is 2.04. The molecule has 1 aliphatic rings. The molecule has 74 heavy (non-hydrogen) atoms. The van der Waals surface area contributed by atoms with Gasteiger partial charge in [0, 0.05) is 6.42 Å². The van der Waals surface area contributed by atoms with Crippen LogP contribution < -0.4 is 14.4 Å². The highest BCUT2D eigenvalue weighted by Crippen LogP contribution is 2.53. The summed E-state index contributed by atoms with van der Waals surface area (Å²) in [6, 6.07) is 14.1. The monoisotopic (exact) mass is 1200 g/mol. The first kappa shape index (κ1) is 66.0. The molecule has 0 saturated carbocycles. The molecule has 0 bridgehead atoms. The van der Waals surface area contributed by atoms with Crippen LogP contribution in [0.25, 0.3) is 0 Å². The van der Waals surface area contributed by atoms with Gasteiger partial charge in [0.2, 0.25) is 7.59 Å². The number of unbranched alkanes of at least 4 members (excludes halogenated alkanes) is 15. The lowest BCUT2D eigenvalue weighted by Crippen LogP contribution is -2.65. The number of halogens is 7. The SMILES string of the molecule is CCCCCCCCCCC[C@H](CC(=O)O[C@@H]1[C@@H](NC(=O)OCC(Cl)(Cl)Cl)[C@@H](Cl)O[C@H](COC(=O)OC(C)(C)C(Cl)(Cl)Cl)[C@H]1OP(=O)(Oc1ccccc1)Oc1ccccc1)OC(=O)CCCCCCCCCC. The highest BCUT2D eigenvalue weighted by atomic mass is 35.6. The van der Waals surface area contributed by atoms with E-state index in [-0.39, 0.29) is 17.9 Å². The number of phosphoric ester groups is 1. The second-order valence-corrected chi connectivity index (χ2v) is 25.2. The Morgan fingerprint density at radius 3 is 1.68 bits per heavy atom. The smallest absolute Gasteiger partial charge is 0.462 e.